The number of hydrogen-bond acceptors (Lipinski definition) is 1. The van der Waals surface area contributed by atoms with Gasteiger partial charge in [-0.05, 0) is 37.5 Å². The van der Waals surface area contributed by atoms with Crippen molar-refractivity contribution in [3.8, 4) is 0 Å². The number of aliphatic hydroxyl groups is 1. The Balaban J connectivity index is 2.57. The van der Waals surface area contributed by atoms with Crippen LogP contribution in [0.15, 0.2) is 0 Å². The highest BCUT2D eigenvalue weighted by Gasteiger charge is 2.40. The molecule has 3 atom stereocenters. The molecule has 0 bridgehead atoms. The smallest absolute Gasteiger partial charge is 0.0648 e. The van der Waals surface area contributed by atoms with Crippen LogP contribution < -0.4 is 0 Å². The molecule has 0 saturated heterocycles. The van der Waals surface area contributed by atoms with Gasteiger partial charge in [-0.2, -0.15) is 0 Å². The van der Waals surface area contributed by atoms with Crippen molar-refractivity contribution in [1.29, 1.82) is 0 Å². The van der Waals surface area contributed by atoms with Crippen LogP contribution in [0.25, 0.3) is 0 Å². The molecule has 0 unspecified atom stereocenters. The summed E-state index contributed by atoms with van der Waals surface area (Å²) in [6, 6.07) is 0. The Bertz CT molecular complexity index is 138. The zero-order chi connectivity index (χ0) is 8.65. The lowest BCUT2D eigenvalue weighted by Gasteiger charge is -2.21. The lowest BCUT2D eigenvalue weighted by atomic mass is 9.93. The van der Waals surface area contributed by atoms with Crippen LogP contribution in [0.3, 0.4) is 0 Å². The van der Waals surface area contributed by atoms with Crippen LogP contribution in [0.1, 0.15) is 40.5 Å². The average Bonchev–Trinajstić information content (AvgIpc) is 2.08. The van der Waals surface area contributed by atoms with E-state index < -0.39 is 5.60 Å². The van der Waals surface area contributed by atoms with E-state index in [-0.39, 0.29) is 0 Å². The molecule has 1 nitrogen and oxygen atoms in total. The first-order valence-electron chi connectivity index (χ1n) is 4.66. The summed E-state index contributed by atoms with van der Waals surface area (Å²) in [6.07, 6.45) is 2.19. The van der Waals surface area contributed by atoms with Crippen LogP contribution in [0.4, 0.5) is 0 Å². The van der Waals surface area contributed by atoms with Gasteiger partial charge >= 0.3 is 0 Å². The van der Waals surface area contributed by atoms with Crippen LogP contribution >= 0.6 is 0 Å². The lowest BCUT2D eigenvalue weighted by molar-refractivity contribution is 0.0250. The maximum Gasteiger partial charge on any atom is 0.0648 e. The van der Waals surface area contributed by atoms with E-state index in [2.05, 4.69) is 20.8 Å². The van der Waals surface area contributed by atoms with Gasteiger partial charge in [0.2, 0.25) is 0 Å². The van der Waals surface area contributed by atoms with Crippen LogP contribution in [0.2, 0.25) is 0 Å². The molecule has 11 heavy (non-hydrogen) atoms. The van der Waals surface area contributed by atoms with Gasteiger partial charge in [0, 0.05) is 0 Å². The third kappa shape index (κ3) is 1.76. The van der Waals surface area contributed by atoms with Crippen molar-refractivity contribution in [2.45, 2.75) is 46.1 Å². The fourth-order valence-corrected chi connectivity index (χ4v) is 2.03. The Labute approximate surface area is 69.8 Å². The van der Waals surface area contributed by atoms with Crippen molar-refractivity contribution in [1.82, 2.24) is 0 Å². The summed E-state index contributed by atoms with van der Waals surface area (Å²) in [4.78, 5) is 0. The Hall–Kier alpha value is -0.0400. The van der Waals surface area contributed by atoms with E-state index in [1.54, 1.807) is 0 Å². The molecule has 1 aliphatic carbocycles. The minimum Gasteiger partial charge on any atom is -0.390 e. The van der Waals surface area contributed by atoms with Crippen LogP contribution in [0, 0.1) is 17.8 Å². The predicted octanol–water partition coefficient (Wildman–Crippen LogP) is 2.44. The minimum atomic E-state index is -0.394. The maximum absolute atomic E-state index is 9.88. The molecule has 0 aliphatic heterocycles. The van der Waals surface area contributed by atoms with Gasteiger partial charge in [0.05, 0.1) is 5.60 Å². The summed E-state index contributed by atoms with van der Waals surface area (Å²) >= 11 is 0. The number of hydrogen-bond donors (Lipinski definition) is 1. The van der Waals surface area contributed by atoms with Gasteiger partial charge in [0.1, 0.15) is 0 Å². The van der Waals surface area contributed by atoms with Gasteiger partial charge in [0.15, 0.2) is 0 Å². The first-order valence-corrected chi connectivity index (χ1v) is 4.66. The molecule has 1 aliphatic rings. The average molecular weight is 156 g/mol. The Kier molecular flexibility index (Phi) is 2.29. The standard InChI is InChI=1S/C10H20O/c1-7(2)9-5-8(3)10(4,11)6-9/h7-9,11H,5-6H2,1-4H3/t8-,9-,10-/m1/s1. The van der Waals surface area contributed by atoms with Gasteiger partial charge in [-0.15, -0.1) is 0 Å². The van der Waals surface area contributed by atoms with E-state index in [4.69, 9.17) is 0 Å². The van der Waals surface area contributed by atoms with Crippen molar-refractivity contribution < 1.29 is 5.11 Å². The predicted molar refractivity (Wildman–Crippen MR) is 47.3 cm³/mol. The zero-order valence-electron chi connectivity index (χ0n) is 8.09. The van der Waals surface area contributed by atoms with E-state index in [1.165, 1.54) is 6.42 Å². The minimum absolute atomic E-state index is 0.394. The SMILES string of the molecule is CC(C)[C@@H]1C[C@@H](C)[C@](C)(O)C1. The summed E-state index contributed by atoms with van der Waals surface area (Å²) in [5.74, 6) is 1.95. The van der Waals surface area contributed by atoms with Crippen molar-refractivity contribution in [3.05, 3.63) is 0 Å². The quantitative estimate of drug-likeness (QED) is 0.618. The van der Waals surface area contributed by atoms with Crippen molar-refractivity contribution in [2.75, 3.05) is 0 Å². The molecule has 0 heterocycles. The summed E-state index contributed by atoms with van der Waals surface area (Å²) < 4.78 is 0. The molecule has 1 fully saturated rings. The molecular weight excluding hydrogens is 136 g/mol. The van der Waals surface area contributed by atoms with Crippen molar-refractivity contribution in [2.24, 2.45) is 17.8 Å². The summed E-state index contributed by atoms with van der Waals surface area (Å²) in [6.45, 7) is 8.62. The monoisotopic (exact) mass is 156 g/mol. The molecule has 66 valence electrons. The van der Waals surface area contributed by atoms with Crippen LogP contribution in [0.5, 0.6) is 0 Å². The highest BCUT2D eigenvalue weighted by molar-refractivity contribution is 4.91. The van der Waals surface area contributed by atoms with Crippen LogP contribution in [-0.4, -0.2) is 10.7 Å². The third-order valence-electron chi connectivity index (χ3n) is 3.34. The molecule has 0 aromatic heterocycles. The molecule has 0 amide bonds. The fraction of sp³-hybridized carbons (Fsp3) is 1.00. The molecule has 0 aromatic carbocycles. The normalized spacial score (nSPS) is 45.3. The second kappa shape index (κ2) is 2.78. The van der Waals surface area contributed by atoms with E-state index >= 15 is 0 Å². The van der Waals surface area contributed by atoms with Gasteiger partial charge in [0.25, 0.3) is 0 Å². The molecule has 0 radical (unpaired) electrons. The zero-order valence-corrected chi connectivity index (χ0v) is 8.09. The van der Waals surface area contributed by atoms with Crippen molar-refractivity contribution >= 4 is 0 Å². The van der Waals surface area contributed by atoms with E-state index in [9.17, 15) is 5.11 Å². The molecule has 1 N–H and O–H groups in total. The van der Waals surface area contributed by atoms with Crippen LogP contribution in [-0.2, 0) is 0 Å². The molecule has 1 rings (SSSR count). The van der Waals surface area contributed by atoms with Crippen molar-refractivity contribution in [3.63, 3.8) is 0 Å². The van der Waals surface area contributed by atoms with E-state index in [0.29, 0.717) is 5.92 Å². The number of rotatable bonds is 1. The maximum atomic E-state index is 9.88. The second-order valence-electron chi connectivity index (χ2n) is 4.70. The highest BCUT2D eigenvalue weighted by atomic mass is 16.3. The molecule has 0 aromatic rings. The first-order chi connectivity index (χ1) is 4.93. The third-order valence-corrected chi connectivity index (χ3v) is 3.34. The van der Waals surface area contributed by atoms with Gasteiger partial charge in [-0.25, -0.2) is 0 Å². The fourth-order valence-electron chi connectivity index (χ4n) is 2.03. The molecule has 1 saturated carbocycles. The summed E-state index contributed by atoms with van der Waals surface area (Å²) in [5, 5.41) is 9.88. The second-order valence-corrected chi connectivity index (χ2v) is 4.70. The topological polar surface area (TPSA) is 20.2 Å². The molecule has 0 spiro atoms. The Morgan fingerprint density at radius 2 is 2.00 bits per heavy atom. The summed E-state index contributed by atoms with van der Waals surface area (Å²) in [5.41, 5.74) is -0.394. The van der Waals surface area contributed by atoms with E-state index in [1.807, 2.05) is 6.92 Å². The van der Waals surface area contributed by atoms with Gasteiger partial charge < -0.3 is 5.11 Å². The summed E-state index contributed by atoms with van der Waals surface area (Å²) in [7, 11) is 0. The lowest BCUT2D eigenvalue weighted by Crippen LogP contribution is -2.26. The molecule has 1 heteroatoms. The Morgan fingerprint density at radius 3 is 2.18 bits per heavy atom. The Morgan fingerprint density at radius 1 is 1.45 bits per heavy atom. The van der Waals surface area contributed by atoms with Gasteiger partial charge in [-0.1, -0.05) is 20.8 Å². The molecular formula is C10H20O. The van der Waals surface area contributed by atoms with Gasteiger partial charge in [-0.3, -0.25) is 0 Å². The van der Waals surface area contributed by atoms with E-state index in [0.717, 1.165) is 18.3 Å². The largest absolute Gasteiger partial charge is 0.390 e. The first kappa shape index (κ1) is 9.05. The highest BCUT2D eigenvalue weighted by Crippen LogP contribution is 2.42.